The Balaban J connectivity index is 2.11. The minimum atomic E-state index is -0.131. The number of ketones is 1. The van der Waals surface area contributed by atoms with Crippen molar-refractivity contribution in [1.82, 2.24) is 0 Å². The average Bonchev–Trinajstić information content (AvgIpc) is 2.79. The van der Waals surface area contributed by atoms with Crippen molar-refractivity contribution < 1.29 is 4.79 Å². The summed E-state index contributed by atoms with van der Waals surface area (Å²) in [5, 5.41) is 2.75. The van der Waals surface area contributed by atoms with Crippen LogP contribution in [0.15, 0.2) is 89.7 Å². The first-order valence-electron chi connectivity index (χ1n) is 7.80. The molecule has 0 heterocycles. The van der Waals surface area contributed by atoms with E-state index < -0.39 is 0 Å². The fourth-order valence-electron chi connectivity index (χ4n) is 3.06. The van der Waals surface area contributed by atoms with E-state index in [1.165, 1.54) is 0 Å². The van der Waals surface area contributed by atoms with Gasteiger partial charge in [0.1, 0.15) is 0 Å². The molecule has 4 aromatic rings. The molecule has 2 nitrogen and oxygen atoms in total. The topological polar surface area (TPSA) is 34.1 Å². The van der Waals surface area contributed by atoms with E-state index in [0.717, 1.165) is 10.8 Å². The van der Waals surface area contributed by atoms with Crippen LogP contribution in [0.4, 0.5) is 0 Å². The highest BCUT2D eigenvalue weighted by molar-refractivity contribution is 6.17. The van der Waals surface area contributed by atoms with E-state index in [0.29, 0.717) is 21.9 Å². The van der Waals surface area contributed by atoms with Crippen LogP contribution in [0.3, 0.4) is 0 Å². The average molecular weight is 310 g/mol. The van der Waals surface area contributed by atoms with Crippen molar-refractivity contribution in [3.05, 3.63) is 106 Å². The molecule has 4 aromatic carbocycles. The minimum Gasteiger partial charge on any atom is -0.289 e. The molecule has 114 valence electrons. The summed E-state index contributed by atoms with van der Waals surface area (Å²) in [6.07, 6.45) is 0. The van der Waals surface area contributed by atoms with E-state index in [1.54, 1.807) is 24.3 Å². The second kappa shape index (κ2) is 5.74. The molecule has 0 fully saturated rings. The van der Waals surface area contributed by atoms with Crippen LogP contribution < -0.4 is 5.43 Å². The Morgan fingerprint density at radius 3 is 2.12 bits per heavy atom. The van der Waals surface area contributed by atoms with Crippen LogP contribution in [-0.2, 0) is 0 Å². The summed E-state index contributed by atoms with van der Waals surface area (Å²) >= 11 is 0. The number of carbonyl (C=O) groups is 1. The molecule has 0 atom stereocenters. The van der Waals surface area contributed by atoms with Crippen LogP contribution in [0, 0.1) is 0 Å². The summed E-state index contributed by atoms with van der Waals surface area (Å²) in [6, 6.07) is 25.8. The van der Waals surface area contributed by atoms with Gasteiger partial charge in [-0.25, -0.2) is 0 Å². The predicted molar refractivity (Wildman–Crippen MR) is 97.6 cm³/mol. The summed E-state index contributed by atoms with van der Waals surface area (Å²) in [5.74, 6) is -0.131. The van der Waals surface area contributed by atoms with Crippen molar-refractivity contribution in [3.8, 4) is 0 Å². The van der Waals surface area contributed by atoms with Crippen molar-refractivity contribution in [2.75, 3.05) is 0 Å². The number of rotatable bonds is 2. The summed E-state index contributed by atoms with van der Waals surface area (Å²) in [6.45, 7) is 0. The summed E-state index contributed by atoms with van der Waals surface area (Å²) in [7, 11) is 0. The Bertz CT molecular complexity index is 1130. The normalized spacial score (nSPS) is 10.8. The smallest absolute Gasteiger partial charge is 0.194 e. The highest BCUT2D eigenvalue weighted by atomic mass is 16.1. The molecular formula is C22H14O2. The standard InChI is InChI=1S/C22H14O2/c23-21(17-8-2-1-3-9-17)19-12-6-10-16-14-13-15-7-4-5-11-18(15)22(24)20(16)19/h1-14H. The molecule has 4 rings (SSSR count). The third kappa shape index (κ3) is 2.29. The van der Waals surface area contributed by atoms with Gasteiger partial charge in [0.05, 0.1) is 0 Å². The van der Waals surface area contributed by atoms with Gasteiger partial charge in [0.15, 0.2) is 11.2 Å². The Morgan fingerprint density at radius 1 is 0.625 bits per heavy atom. The second-order valence-corrected chi connectivity index (χ2v) is 5.71. The lowest BCUT2D eigenvalue weighted by atomic mass is 9.98. The van der Waals surface area contributed by atoms with Gasteiger partial charge in [-0.1, -0.05) is 84.9 Å². The maximum Gasteiger partial charge on any atom is 0.194 e. The first-order valence-corrected chi connectivity index (χ1v) is 7.80. The van der Waals surface area contributed by atoms with Gasteiger partial charge >= 0.3 is 0 Å². The van der Waals surface area contributed by atoms with Crippen molar-refractivity contribution in [3.63, 3.8) is 0 Å². The van der Waals surface area contributed by atoms with Crippen LogP contribution in [0.1, 0.15) is 15.9 Å². The minimum absolute atomic E-state index is 0.106. The highest BCUT2D eigenvalue weighted by Gasteiger charge is 2.14. The number of fused-ring (bicyclic) bond motifs is 2. The largest absolute Gasteiger partial charge is 0.289 e. The van der Waals surface area contributed by atoms with Crippen LogP contribution in [0.2, 0.25) is 0 Å². The van der Waals surface area contributed by atoms with Crippen molar-refractivity contribution >= 4 is 27.3 Å². The number of benzene rings is 3. The molecule has 0 saturated heterocycles. The molecule has 0 aromatic heterocycles. The van der Waals surface area contributed by atoms with Crippen molar-refractivity contribution in [2.24, 2.45) is 0 Å². The van der Waals surface area contributed by atoms with Gasteiger partial charge in [-0.05, 0) is 10.8 Å². The van der Waals surface area contributed by atoms with E-state index in [9.17, 15) is 9.59 Å². The maximum atomic E-state index is 13.1. The quantitative estimate of drug-likeness (QED) is 0.508. The monoisotopic (exact) mass is 310 g/mol. The predicted octanol–water partition coefficient (Wildman–Crippen LogP) is 4.58. The van der Waals surface area contributed by atoms with E-state index in [-0.39, 0.29) is 11.2 Å². The molecule has 0 spiro atoms. The van der Waals surface area contributed by atoms with Gasteiger partial charge in [0, 0.05) is 21.9 Å². The summed E-state index contributed by atoms with van der Waals surface area (Å²) in [5.41, 5.74) is 0.927. The zero-order chi connectivity index (χ0) is 16.5. The first-order chi connectivity index (χ1) is 11.8. The lowest BCUT2D eigenvalue weighted by Crippen LogP contribution is -2.08. The molecule has 0 amide bonds. The molecule has 2 heteroatoms. The molecule has 0 aliphatic rings. The Kier molecular flexibility index (Phi) is 3.43. The Morgan fingerprint density at radius 2 is 1.29 bits per heavy atom. The zero-order valence-electron chi connectivity index (χ0n) is 12.9. The fourth-order valence-corrected chi connectivity index (χ4v) is 3.06. The highest BCUT2D eigenvalue weighted by Crippen LogP contribution is 2.21. The number of carbonyl (C=O) groups excluding carboxylic acids is 1. The molecule has 0 saturated carbocycles. The number of hydrogen-bond donors (Lipinski definition) is 0. The number of hydrogen-bond acceptors (Lipinski definition) is 2. The van der Waals surface area contributed by atoms with Crippen molar-refractivity contribution in [2.45, 2.75) is 0 Å². The second-order valence-electron chi connectivity index (χ2n) is 5.71. The van der Waals surface area contributed by atoms with Gasteiger partial charge in [-0.3, -0.25) is 9.59 Å². The molecule has 0 aliphatic heterocycles. The maximum absolute atomic E-state index is 13.1. The first kappa shape index (κ1) is 14.3. The third-order valence-electron chi connectivity index (χ3n) is 4.25. The van der Waals surface area contributed by atoms with Crippen LogP contribution in [0.25, 0.3) is 21.5 Å². The third-order valence-corrected chi connectivity index (χ3v) is 4.25. The fraction of sp³-hybridized carbons (Fsp3) is 0. The van der Waals surface area contributed by atoms with E-state index in [2.05, 4.69) is 0 Å². The van der Waals surface area contributed by atoms with E-state index in [1.807, 2.05) is 60.7 Å². The molecule has 0 radical (unpaired) electrons. The van der Waals surface area contributed by atoms with Gasteiger partial charge in [-0.2, -0.15) is 0 Å². The van der Waals surface area contributed by atoms with Gasteiger partial charge in [-0.15, -0.1) is 0 Å². The lowest BCUT2D eigenvalue weighted by Gasteiger charge is -2.04. The van der Waals surface area contributed by atoms with Crippen LogP contribution >= 0.6 is 0 Å². The van der Waals surface area contributed by atoms with Gasteiger partial charge < -0.3 is 0 Å². The molecule has 0 N–H and O–H groups in total. The van der Waals surface area contributed by atoms with Gasteiger partial charge in [0.2, 0.25) is 0 Å². The SMILES string of the molecule is O=C(c1ccccc1)c1cccc2ccc3ccccc3c(=O)c12. The molecular weight excluding hydrogens is 296 g/mol. The van der Waals surface area contributed by atoms with Gasteiger partial charge in [0.25, 0.3) is 0 Å². The van der Waals surface area contributed by atoms with E-state index in [4.69, 9.17) is 0 Å². The summed E-state index contributed by atoms with van der Waals surface area (Å²) in [4.78, 5) is 26.0. The van der Waals surface area contributed by atoms with Crippen LogP contribution in [0.5, 0.6) is 0 Å². The van der Waals surface area contributed by atoms with Crippen molar-refractivity contribution in [1.29, 1.82) is 0 Å². The Hall–Kier alpha value is -3.26. The molecule has 0 bridgehead atoms. The zero-order valence-corrected chi connectivity index (χ0v) is 12.9. The Labute approximate surface area is 139 Å². The molecule has 24 heavy (non-hydrogen) atoms. The summed E-state index contributed by atoms with van der Waals surface area (Å²) < 4.78 is 0. The van der Waals surface area contributed by atoms with E-state index >= 15 is 0 Å². The molecule has 0 aliphatic carbocycles. The lowest BCUT2D eigenvalue weighted by molar-refractivity contribution is 0.104. The van der Waals surface area contributed by atoms with Crippen LogP contribution in [-0.4, -0.2) is 5.78 Å². The molecule has 0 unspecified atom stereocenters.